The van der Waals surface area contributed by atoms with Crippen molar-refractivity contribution in [2.45, 2.75) is 11.8 Å². The van der Waals surface area contributed by atoms with Crippen molar-refractivity contribution in [2.24, 2.45) is 0 Å². The summed E-state index contributed by atoms with van der Waals surface area (Å²) in [6.07, 6.45) is 3.14. The van der Waals surface area contributed by atoms with Crippen LogP contribution in [0.1, 0.15) is 15.9 Å². The second-order valence-electron chi connectivity index (χ2n) is 7.69. The molecule has 0 aliphatic heterocycles. The van der Waals surface area contributed by atoms with Crippen molar-refractivity contribution >= 4 is 27.3 Å². The molecule has 0 bridgehead atoms. The van der Waals surface area contributed by atoms with Crippen molar-refractivity contribution in [3.05, 3.63) is 96.1 Å². The summed E-state index contributed by atoms with van der Waals surface area (Å²) in [4.78, 5) is 12.9. The van der Waals surface area contributed by atoms with Crippen LogP contribution < -0.4 is 14.4 Å². The van der Waals surface area contributed by atoms with E-state index in [4.69, 9.17) is 4.74 Å². The van der Waals surface area contributed by atoms with Gasteiger partial charge in [0.25, 0.3) is 15.9 Å². The van der Waals surface area contributed by atoms with Gasteiger partial charge < -0.3 is 10.1 Å². The molecule has 4 aromatic rings. The fourth-order valence-electron chi connectivity index (χ4n) is 3.56. The minimum Gasteiger partial charge on any atom is -0.495 e. The molecule has 1 amide bonds. The second-order valence-corrected chi connectivity index (χ2v) is 9.66. The van der Waals surface area contributed by atoms with Gasteiger partial charge in [-0.25, -0.2) is 17.5 Å². The summed E-state index contributed by atoms with van der Waals surface area (Å²) in [5.41, 5.74) is 1.53. The van der Waals surface area contributed by atoms with Gasteiger partial charge in [0.05, 0.1) is 17.7 Å². The Morgan fingerprint density at radius 1 is 1.09 bits per heavy atom. The van der Waals surface area contributed by atoms with Crippen molar-refractivity contribution in [1.29, 1.82) is 0 Å². The highest BCUT2D eigenvalue weighted by molar-refractivity contribution is 7.92. The fraction of sp³-hybridized carbons (Fsp3) is 0.120. The topological polar surface area (TPSA) is 93.5 Å². The molecule has 1 heterocycles. The van der Waals surface area contributed by atoms with E-state index in [1.165, 1.54) is 49.3 Å². The van der Waals surface area contributed by atoms with E-state index in [1.54, 1.807) is 55.6 Å². The number of aryl methyl sites for hydroxylation is 1. The molecule has 0 spiro atoms. The lowest BCUT2D eigenvalue weighted by molar-refractivity contribution is 0.102. The molecule has 1 N–H and O–H groups in total. The Morgan fingerprint density at radius 3 is 2.54 bits per heavy atom. The van der Waals surface area contributed by atoms with Gasteiger partial charge in [-0.05, 0) is 61.0 Å². The van der Waals surface area contributed by atoms with Gasteiger partial charge in [0, 0.05) is 30.7 Å². The Bertz CT molecular complexity index is 1490. The third-order valence-corrected chi connectivity index (χ3v) is 7.26. The Balaban J connectivity index is 1.62. The number of methoxy groups -OCH3 is 1. The lowest BCUT2D eigenvalue weighted by Crippen LogP contribution is -2.27. The third kappa shape index (κ3) is 4.73. The van der Waals surface area contributed by atoms with Crippen LogP contribution in [0.3, 0.4) is 0 Å². The van der Waals surface area contributed by atoms with Crippen molar-refractivity contribution in [3.8, 4) is 11.4 Å². The zero-order valence-electron chi connectivity index (χ0n) is 19.3. The van der Waals surface area contributed by atoms with Gasteiger partial charge in [-0.1, -0.05) is 18.2 Å². The molecule has 0 radical (unpaired) electrons. The number of benzene rings is 3. The summed E-state index contributed by atoms with van der Waals surface area (Å²) < 4.78 is 49.0. The molecule has 180 valence electrons. The number of aromatic nitrogens is 2. The van der Waals surface area contributed by atoms with Crippen LogP contribution in [0.5, 0.6) is 5.75 Å². The first-order chi connectivity index (χ1) is 16.7. The quantitative estimate of drug-likeness (QED) is 0.411. The van der Waals surface area contributed by atoms with Gasteiger partial charge in [-0.2, -0.15) is 5.10 Å². The molecule has 35 heavy (non-hydrogen) atoms. The number of ether oxygens (including phenoxy) is 1. The van der Waals surface area contributed by atoms with Crippen molar-refractivity contribution < 1.29 is 22.3 Å². The maximum atomic E-state index is 14.6. The number of para-hydroxylation sites is 2. The van der Waals surface area contributed by atoms with E-state index in [2.05, 4.69) is 10.4 Å². The summed E-state index contributed by atoms with van der Waals surface area (Å²) in [6.45, 7) is 1.69. The van der Waals surface area contributed by atoms with E-state index in [1.807, 2.05) is 0 Å². The Hall–Kier alpha value is -4.18. The van der Waals surface area contributed by atoms with E-state index >= 15 is 0 Å². The number of amides is 1. The number of nitrogens with zero attached hydrogens (tertiary/aromatic N) is 3. The number of carbonyl (C=O) groups is 1. The predicted octanol–water partition coefficient (Wildman–Crippen LogP) is 4.41. The average molecular weight is 495 g/mol. The Morgan fingerprint density at radius 2 is 1.86 bits per heavy atom. The molecule has 0 atom stereocenters. The highest BCUT2D eigenvalue weighted by atomic mass is 32.2. The monoisotopic (exact) mass is 494 g/mol. The van der Waals surface area contributed by atoms with Gasteiger partial charge >= 0.3 is 0 Å². The van der Waals surface area contributed by atoms with Gasteiger partial charge in [-0.15, -0.1) is 0 Å². The molecule has 0 fully saturated rings. The lowest BCUT2D eigenvalue weighted by Gasteiger charge is -2.22. The summed E-state index contributed by atoms with van der Waals surface area (Å²) in [6, 6.07) is 16.9. The van der Waals surface area contributed by atoms with E-state index in [0.29, 0.717) is 17.0 Å². The lowest BCUT2D eigenvalue weighted by atomic mass is 10.1. The van der Waals surface area contributed by atoms with E-state index in [-0.39, 0.29) is 21.8 Å². The van der Waals surface area contributed by atoms with Crippen LogP contribution >= 0.6 is 0 Å². The van der Waals surface area contributed by atoms with Crippen LogP contribution in [0.4, 0.5) is 15.8 Å². The van der Waals surface area contributed by atoms with Gasteiger partial charge in [-0.3, -0.25) is 9.10 Å². The number of hydrogen-bond acceptors (Lipinski definition) is 5. The minimum absolute atomic E-state index is 0.0677. The molecule has 0 unspecified atom stereocenters. The van der Waals surface area contributed by atoms with Crippen molar-refractivity contribution in [3.63, 3.8) is 0 Å². The highest BCUT2D eigenvalue weighted by Gasteiger charge is 2.25. The van der Waals surface area contributed by atoms with E-state index < -0.39 is 21.7 Å². The number of carbonyl (C=O) groups excluding carboxylic acids is 1. The first kappa shape index (κ1) is 24.0. The maximum absolute atomic E-state index is 14.6. The zero-order chi connectivity index (χ0) is 25.2. The van der Waals surface area contributed by atoms with E-state index in [0.717, 1.165) is 4.31 Å². The number of anilines is 2. The molecule has 0 saturated heterocycles. The molecule has 4 rings (SSSR count). The molecule has 0 aliphatic rings. The number of sulfonamides is 1. The Kier molecular flexibility index (Phi) is 6.57. The third-order valence-electron chi connectivity index (χ3n) is 5.49. The fourth-order valence-corrected chi connectivity index (χ4v) is 4.80. The number of hydrogen-bond donors (Lipinski definition) is 1. The van der Waals surface area contributed by atoms with Gasteiger partial charge in [0.15, 0.2) is 5.82 Å². The normalized spacial score (nSPS) is 11.2. The summed E-state index contributed by atoms with van der Waals surface area (Å²) in [7, 11) is -1.13. The molecule has 0 saturated carbocycles. The van der Waals surface area contributed by atoms with Crippen LogP contribution in [0, 0.1) is 12.7 Å². The molecule has 8 nitrogen and oxygen atoms in total. The average Bonchev–Trinajstić information content (AvgIpc) is 3.38. The van der Waals surface area contributed by atoms with Crippen LogP contribution in [0.2, 0.25) is 0 Å². The SMILES string of the molecule is COc1ccccc1N(C)S(=O)(=O)c1ccc(C)c(C(=O)Nc2ccc(-n3cccn3)c(F)c2)c1. The van der Waals surface area contributed by atoms with Crippen molar-refractivity contribution in [2.75, 3.05) is 23.8 Å². The maximum Gasteiger partial charge on any atom is 0.264 e. The zero-order valence-corrected chi connectivity index (χ0v) is 20.1. The number of nitrogens with one attached hydrogen (secondary N) is 1. The first-order valence-corrected chi connectivity index (χ1v) is 12.0. The largest absolute Gasteiger partial charge is 0.495 e. The number of rotatable bonds is 7. The summed E-state index contributed by atoms with van der Waals surface area (Å²) in [5, 5.41) is 6.63. The molecular weight excluding hydrogens is 471 g/mol. The molecule has 10 heteroatoms. The first-order valence-electron chi connectivity index (χ1n) is 10.6. The number of halogens is 1. The van der Waals surface area contributed by atoms with E-state index in [9.17, 15) is 17.6 Å². The van der Waals surface area contributed by atoms with Crippen LogP contribution in [-0.4, -0.2) is 38.3 Å². The molecule has 1 aromatic heterocycles. The Labute approximate surface area is 202 Å². The minimum atomic E-state index is -4.00. The molecular formula is C25H23FN4O4S. The van der Waals surface area contributed by atoms with Crippen LogP contribution in [0.15, 0.2) is 84.0 Å². The van der Waals surface area contributed by atoms with Crippen LogP contribution in [-0.2, 0) is 10.0 Å². The highest BCUT2D eigenvalue weighted by Crippen LogP contribution is 2.31. The van der Waals surface area contributed by atoms with Crippen molar-refractivity contribution in [1.82, 2.24) is 9.78 Å². The summed E-state index contributed by atoms with van der Waals surface area (Å²) >= 11 is 0. The second kappa shape index (κ2) is 9.59. The van der Waals surface area contributed by atoms with Gasteiger partial charge in [0.1, 0.15) is 11.4 Å². The molecule has 3 aromatic carbocycles. The predicted molar refractivity (Wildman–Crippen MR) is 131 cm³/mol. The smallest absolute Gasteiger partial charge is 0.264 e. The van der Waals surface area contributed by atoms with Crippen LogP contribution in [0.25, 0.3) is 5.69 Å². The standard InChI is InChI=1S/C25H23FN4O4S/c1-17-9-11-19(35(32,33)29(2)23-7-4-5-8-24(23)34-3)16-20(17)25(31)28-18-10-12-22(21(26)15-18)30-14-6-13-27-30/h4-16H,1-3H3,(H,28,31). The molecule has 0 aliphatic carbocycles. The van der Waals surface area contributed by atoms with Gasteiger partial charge in [0.2, 0.25) is 0 Å². The summed E-state index contributed by atoms with van der Waals surface area (Å²) in [5.74, 6) is -0.743.